The van der Waals surface area contributed by atoms with E-state index < -0.39 is 6.10 Å². The molecule has 0 aromatic heterocycles. The first-order valence-electron chi connectivity index (χ1n) is 9.21. The van der Waals surface area contributed by atoms with E-state index >= 15 is 0 Å². The van der Waals surface area contributed by atoms with E-state index in [-0.39, 0.29) is 5.41 Å². The zero-order chi connectivity index (χ0) is 18.3. The van der Waals surface area contributed by atoms with Crippen LogP contribution in [0.4, 0.5) is 0 Å². The van der Waals surface area contributed by atoms with Crippen molar-refractivity contribution >= 4 is 0 Å². The number of rotatable bonds is 9. The average molecular weight is 336 g/mol. The third-order valence-corrected chi connectivity index (χ3v) is 3.88. The highest BCUT2D eigenvalue weighted by Crippen LogP contribution is 2.24. The van der Waals surface area contributed by atoms with Crippen LogP contribution in [0, 0.1) is 11.8 Å². The highest BCUT2D eigenvalue weighted by molar-refractivity contribution is 5.31. The Morgan fingerprint density at radius 3 is 1.83 bits per heavy atom. The molecule has 0 radical (unpaired) electrons. The normalized spacial score (nSPS) is 13.8. The van der Waals surface area contributed by atoms with E-state index in [0.717, 1.165) is 18.8 Å². The van der Waals surface area contributed by atoms with Crippen LogP contribution in [0.2, 0.25) is 0 Å². The maximum Gasteiger partial charge on any atom is 0.119 e. The third-order valence-electron chi connectivity index (χ3n) is 3.88. The van der Waals surface area contributed by atoms with Crippen LogP contribution in [0.5, 0.6) is 5.75 Å². The van der Waals surface area contributed by atoms with E-state index in [0.29, 0.717) is 25.0 Å². The SMILES string of the molecule is CC(C)CN(CC(C)C)C[C@H](O)COc1ccc(C(C)(C)C)cc1. The minimum absolute atomic E-state index is 0.145. The van der Waals surface area contributed by atoms with E-state index in [9.17, 15) is 5.11 Å². The summed E-state index contributed by atoms with van der Waals surface area (Å²) in [5.74, 6) is 2.02. The molecule has 1 N–H and O–H groups in total. The van der Waals surface area contributed by atoms with Gasteiger partial charge in [-0.25, -0.2) is 0 Å². The zero-order valence-corrected chi connectivity index (χ0v) is 16.7. The topological polar surface area (TPSA) is 32.7 Å². The Kier molecular flexibility index (Phi) is 8.24. The molecule has 0 unspecified atom stereocenters. The Bertz CT molecular complexity index is 450. The molecule has 3 heteroatoms. The Balaban J connectivity index is 2.50. The summed E-state index contributed by atoms with van der Waals surface area (Å²) < 4.78 is 5.77. The molecule has 0 aliphatic heterocycles. The fourth-order valence-corrected chi connectivity index (χ4v) is 2.85. The number of ether oxygens (including phenoxy) is 1. The zero-order valence-electron chi connectivity index (χ0n) is 16.7. The van der Waals surface area contributed by atoms with Crippen molar-refractivity contribution in [2.75, 3.05) is 26.2 Å². The molecule has 24 heavy (non-hydrogen) atoms. The number of aliphatic hydroxyl groups excluding tert-OH is 1. The molecular formula is C21H37NO2. The van der Waals surface area contributed by atoms with Gasteiger partial charge in [0, 0.05) is 19.6 Å². The molecule has 0 spiro atoms. The van der Waals surface area contributed by atoms with Crippen LogP contribution in [0.3, 0.4) is 0 Å². The predicted octanol–water partition coefficient (Wildman–Crippen LogP) is 4.34. The van der Waals surface area contributed by atoms with Crippen molar-refractivity contribution in [3.63, 3.8) is 0 Å². The Hall–Kier alpha value is -1.06. The molecule has 3 nitrogen and oxygen atoms in total. The van der Waals surface area contributed by atoms with Crippen molar-refractivity contribution in [3.8, 4) is 5.75 Å². The highest BCUT2D eigenvalue weighted by atomic mass is 16.5. The molecule has 0 bridgehead atoms. The molecule has 1 aromatic carbocycles. The maximum absolute atomic E-state index is 10.3. The largest absolute Gasteiger partial charge is 0.491 e. The second-order valence-electron chi connectivity index (χ2n) is 8.75. The van der Waals surface area contributed by atoms with Crippen molar-refractivity contribution < 1.29 is 9.84 Å². The van der Waals surface area contributed by atoms with Gasteiger partial charge in [0.1, 0.15) is 18.5 Å². The quantitative estimate of drug-likeness (QED) is 0.729. The van der Waals surface area contributed by atoms with Gasteiger partial charge in [0.05, 0.1) is 0 Å². The van der Waals surface area contributed by atoms with Crippen molar-refractivity contribution in [3.05, 3.63) is 29.8 Å². The first-order valence-corrected chi connectivity index (χ1v) is 9.21. The van der Waals surface area contributed by atoms with Gasteiger partial charge in [-0.05, 0) is 34.9 Å². The summed E-state index contributed by atoms with van der Waals surface area (Å²) in [7, 11) is 0. The van der Waals surface area contributed by atoms with Crippen molar-refractivity contribution in [1.29, 1.82) is 0 Å². The van der Waals surface area contributed by atoms with Crippen LogP contribution >= 0.6 is 0 Å². The first kappa shape index (κ1) is 21.0. The average Bonchev–Trinajstić information content (AvgIpc) is 2.43. The fourth-order valence-electron chi connectivity index (χ4n) is 2.85. The van der Waals surface area contributed by atoms with Gasteiger partial charge in [-0.15, -0.1) is 0 Å². The van der Waals surface area contributed by atoms with Crippen LogP contribution in [0.15, 0.2) is 24.3 Å². The van der Waals surface area contributed by atoms with E-state index in [2.05, 4.69) is 65.5 Å². The van der Waals surface area contributed by atoms with Crippen LogP contribution < -0.4 is 4.74 Å². The Morgan fingerprint density at radius 2 is 1.42 bits per heavy atom. The summed E-state index contributed by atoms with van der Waals surface area (Å²) in [5.41, 5.74) is 1.43. The van der Waals surface area contributed by atoms with E-state index in [1.165, 1.54) is 5.56 Å². The minimum atomic E-state index is -0.468. The molecule has 0 saturated heterocycles. The summed E-state index contributed by atoms with van der Waals surface area (Å²) in [6, 6.07) is 8.19. The van der Waals surface area contributed by atoms with Gasteiger partial charge < -0.3 is 14.7 Å². The van der Waals surface area contributed by atoms with E-state index in [4.69, 9.17) is 4.74 Å². The van der Waals surface area contributed by atoms with Gasteiger partial charge in [-0.2, -0.15) is 0 Å². The molecule has 138 valence electrons. The molecule has 0 aliphatic carbocycles. The lowest BCUT2D eigenvalue weighted by Gasteiger charge is -2.28. The number of nitrogens with zero attached hydrogens (tertiary/aromatic N) is 1. The molecule has 0 saturated carbocycles. The molecule has 0 heterocycles. The third kappa shape index (κ3) is 8.16. The van der Waals surface area contributed by atoms with Crippen LogP contribution in [0.1, 0.15) is 54.0 Å². The molecule has 1 aromatic rings. The lowest BCUT2D eigenvalue weighted by molar-refractivity contribution is 0.0601. The number of hydrogen-bond acceptors (Lipinski definition) is 3. The summed E-state index contributed by atoms with van der Waals surface area (Å²) in [5, 5.41) is 10.3. The van der Waals surface area contributed by atoms with Crippen molar-refractivity contribution in [2.45, 2.75) is 60.0 Å². The first-order chi connectivity index (χ1) is 11.1. The van der Waals surface area contributed by atoms with Crippen LogP contribution in [-0.2, 0) is 5.41 Å². The standard InChI is InChI=1S/C21H37NO2/c1-16(2)12-22(13-17(3)4)14-19(23)15-24-20-10-8-18(9-11-20)21(5,6)7/h8-11,16-17,19,23H,12-15H2,1-7H3/t19-/m0/s1. The van der Waals surface area contributed by atoms with Gasteiger partial charge in [0.25, 0.3) is 0 Å². The molecule has 0 amide bonds. The number of aliphatic hydroxyl groups is 1. The van der Waals surface area contributed by atoms with E-state index in [1.807, 2.05) is 12.1 Å². The van der Waals surface area contributed by atoms with Gasteiger partial charge in [-0.1, -0.05) is 60.6 Å². The highest BCUT2D eigenvalue weighted by Gasteiger charge is 2.16. The van der Waals surface area contributed by atoms with Gasteiger partial charge >= 0.3 is 0 Å². The van der Waals surface area contributed by atoms with E-state index in [1.54, 1.807) is 0 Å². The van der Waals surface area contributed by atoms with Crippen molar-refractivity contribution in [2.24, 2.45) is 11.8 Å². The second-order valence-corrected chi connectivity index (χ2v) is 8.75. The second kappa shape index (κ2) is 9.43. The van der Waals surface area contributed by atoms with Crippen LogP contribution in [-0.4, -0.2) is 42.4 Å². The lowest BCUT2D eigenvalue weighted by Crippen LogP contribution is -2.39. The minimum Gasteiger partial charge on any atom is -0.491 e. The summed E-state index contributed by atoms with van der Waals surface area (Å²) in [4.78, 5) is 2.34. The molecular weight excluding hydrogens is 298 g/mol. The Morgan fingerprint density at radius 1 is 0.917 bits per heavy atom. The lowest BCUT2D eigenvalue weighted by atomic mass is 9.87. The molecule has 0 fully saturated rings. The van der Waals surface area contributed by atoms with Crippen LogP contribution in [0.25, 0.3) is 0 Å². The van der Waals surface area contributed by atoms with Gasteiger partial charge in [0.15, 0.2) is 0 Å². The maximum atomic E-state index is 10.3. The van der Waals surface area contributed by atoms with Crippen molar-refractivity contribution in [1.82, 2.24) is 4.90 Å². The summed E-state index contributed by atoms with van der Waals surface area (Å²) in [6.45, 7) is 18.5. The predicted molar refractivity (Wildman–Crippen MR) is 103 cm³/mol. The van der Waals surface area contributed by atoms with Gasteiger partial charge in [0.2, 0.25) is 0 Å². The molecule has 1 rings (SSSR count). The monoisotopic (exact) mass is 335 g/mol. The fraction of sp³-hybridized carbons (Fsp3) is 0.714. The molecule has 0 aliphatic rings. The Labute approximate surface area is 149 Å². The van der Waals surface area contributed by atoms with Gasteiger partial charge in [-0.3, -0.25) is 0 Å². The molecule has 1 atom stereocenters. The smallest absolute Gasteiger partial charge is 0.119 e. The number of benzene rings is 1. The summed E-state index contributed by atoms with van der Waals surface area (Å²) >= 11 is 0. The summed E-state index contributed by atoms with van der Waals surface area (Å²) in [6.07, 6.45) is -0.468. The number of hydrogen-bond donors (Lipinski definition) is 1.